The van der Waals surface area contributed by atoms with Gasteiger partial charge in [-0.25, -0.2) is 0 Å². The number of carbonyl (C=O) groups excluding carboxylic acids is 2. The average molecular weight is 294 g/mol. The first-order valence-electron chi connectivity index (χ1n) is 5.25. The molecule has 0 N–H and O–H groups in total. The Morgan fingerprint density at radius 1 is 1.24 bits per heavy atom. The van der Waals surface area contributed by atoms with Crippen LogP contribution in [0.25, 0.3) is 5.52 Å². The monoisotopic (exact) mass is 293 g/mol. The number of nitrogens with zero attached hydrogens (tertiary/aromatic N) is 1. The van der Waals surface area contributed by atoms with E-state index in [0.717, 1.165) is 15.6 Å². The highest BCUT2D eigenvalue weighted by Gasteiger charge is 2.17. The van der Waals surface area contributed by atoms with Gasteiger partial charge in [0.2, 0.25) is 0 Å². The molecule has 88 valence electrons. The maximum atomic E-state index is 11.7. The van der Waals surface area contributed by atoms with Gasteiger partial charge in [-0.15, -0.1) is 0 Å². The number of carbonyl (C=O) groups is 2. The number of fused-ring (bicyclic) bond motifs is 1. The van der Waals surface area contributed by atoms with Crippen LogP contribution in [-0.2, 0) is 0 Å². The Morgan fingerprint density at radius 2 is 1.88 bits per heavy atom. The van der Waals surface area contributed by atoms with Crippen molar-refractivity contribution in [2.45, 2.75) is 20.8 Å². The highest BCUT2D eigenvalue weighted by Crippen LogP contribution is 2.26. The molecule has 0 atom stereocenters. The van der Waals surface area contributed by atoms with Gasteiger partial charge in [-0.3, -0.25) is 9.59 Å². The SMILES string of the molecule is CC(=O)c1cc2c(Br)ccn2c(C(C)=O)c1C. The maximum Gasteiger partial charge on any atom is 0.176 e. The molecule has 0 aliphatic carbocycles. The van der Waals surface area contributed by atoms with Crippen LogP contribution in [0.1, 0.15) is 40.3 Å². The molecule has 2 aromatic heterocycles. The van der Waals surface area contributed by atoms with Crippen molar-refractivity contribution in [3.05, 3.63) is 39.6 Å². The minimum Gasteiger partial charge on any atom is -0.313 e. The maximum absolute atomic E-state index is 11.7. The fourth-order valence-corrected chi connectivity index (χ4v) is 2.53. The van der Waals surface area contributed by atoms with Crippen molar-refractivity contribution in [3.63, 3.8) is 0 Å². The standard InChI is InChI=1S/C13H12BrNO2/c1-7-10(8(2)16)6-12-11(14)4-5-15(12)13(7)9(3)17/h4-6H,1-3H3. The van der Waals surface area contributed by atoms with Crippen molar-refractivity contribution in [1.82, 2.24) is 4.40 Å². The van der Waals surface area contributed by atoms with Gasteiger partial charge in [-0.05, 0) is 47.5 Å². The Labute approximate surface area is 108 Å². The first kappa shape index (κ1) is 12.0. The molecule has 0 fully saturated rings. The van der Waals surface area contributed by atoms with Crippen LogP contribution in [0.4, 0.5) is 0 Å². The van der Waals surface area contributed by atoms with Gasteiger partial charge >= 0.3 is 0 Å². The zero-order chi connectivity index (χ0) is 12.7. The van der Waals surface area contributed by atoms with Gasteiger partial charge in [0.25, 0.3) is 0 Å². The first-order valence-corrected chi connectivity index (χ1v) is 6.05. The average Bonchev–Trinajstić information content (AvgIpc) is 2.58. The van der Waals surface area contributed by atoms with Gasteiger partial charge in [0.05, 0.1) is 11.2 Å². The number of hydrogen-bond donors (Lipinski definition) is 0. The summed E-state index contributed by atoms with van der Waals surface area (Å²) < 4.78 is 2.69. The van der Waals surface area contributed by atoms with E-state index in [1.54, 1.807) is 6.92 Å². The summed E-state index contributed by atoms with van der Waals surface area (Å²) in [7, 11) is 0. The smallest absolute Gasteiger partial charge is 0.176 e. The Morgan fingerprint density at radius 3 is 2.41 bits per heavy atom. The molecule has 0 saturated heterocycles. The van der Waals surface area contributed by atoms with E-state index in [1.807, 2.05) is 22.7 Å². The van der Waals surface area contributed by atoms with Crippen molar-refractivity contribution in [2.24, 2.45) is 0 Å². The molecule has 0 radical (unpaired) electrons. The first-order chi connectivity index (χ1) is 7.93. The normalized spacial score (nSPS) is 10.8. The number of ketones is 2. The summed E-state index contributed by atoms with van der Waals surface area (Å²) in [6.45, 7) is 4.83. The minimum absolute atomic E-state index is 0.0272. The van der Waals surface area contributed by atoms with E-state index in [4.69, 9.17) is 0 Å². The predicted molar refractivity (Wildman–Crippen MR) is 69.8 cm³/mol. The fourth-order valence-electron chi connectivity index (χ4n) is 2.11. The number of rotatable bonds is 2. The molecule has 0 amide bonds. The van der Waals surface area contributed by atoms with Gasteiger partial charge < -0.3 is 4.40 Å². The number of pyridine rings is 1. The fraction of sp³-hybridized carbons (Fsp3) is 0.231. The molecule has 0 unspecified atom stereocenters. The lowest BCUT2D eigenvalue weighted by Gasteiger charge is -2.11. The molecule has 0 bridgehead atoms. The van der Waals surface area contributed by atoms with E-state index in [2.05, 4.69) is 15.9 Å². The van der Waals surface area contributed by atoms with Crippen LogP contribution in [0.15, 0.2) is 22.8 Å². The predicted octanol–water partition coefficient (Wildman–Crippen LogP) is 3.42. The number of hydrogen-bond acceptors (Lipinski definition) is 2. The summed E-state index contributed by atoms with van der Waals surface area (Å²) in [5, 5.41) is 0. The minimum atomic E-state index is -0.0429. The van der Waals surface area contributed by atoms with Gasteiger partial charge in [0, 0.05) is 23.2 Å². The van der Waals surface area contributed by atoms with E-state index in [-0.39, 0.29) is 11.6 Å². The van der Waals surface area contributed by atoms with Gasteiger partial charge in [0.1, 0.15) is 0 Å². The zero-order valence-electron chi connectivity index (χ0n) is 9.87. The van der Waals surface area contributed by atoms with Crippen LogP contribution in [0, 0.1) is 6.92 Å². The van der Waals surface area contributed by atoms with Gasteiger partial charge in [-0.1, -0.05) is 0 Å². The van der Waals surface area contributed by atoms with Crippen LogP contribution in [0.3, 0.4) is 0 Å². The van der Waals surface area contributed by atoms with Crippen LogP contribution in [0.2, 0.25) is 0 Å². The lowest BCUT2D eigenvalue weighted by Crippen LogP contribution is -2.09. The molecular weight excluding hydrogens is 282 g/mol. The Kier molecular flexibility index (Phi) is 2.91. The highest BCUT2D eigenvalue weighted by molar-refractivity contribution is 9.10. The number of halogens is 1. The molecule has 2 heterocycles. The number of Topliss-reactive ketones (excluding diaryl/α,β-unsaturated/α-hetero) is 2. The van der Waals surface area contributed by atoms with Crippen LogP contribution < -0.4 is 0 Å². The summed E-state index contributed by atoms with van der Waals surface area (Å²) in [6, 6.07) is 3.68. The summed E-state index contributed by atoms with van der Waals surface area (Å²) in [5.41, 5.74) is 2.74. The molecule has 2 rings (SSSR count). The molecule has 0 aliphatic heterocycles. The van der Waals surface area contributed by atoms with Crippen molar-refractivity contribution < 1.29 is 9.59 Å². The molecule has 0 saturated carbocycles. The Hall–Kier alpha value is -1.42. The second-order valence-corrected chi connectivity index (χ2v) is 4.92. The van der Waals surface area contributed by atoms with E-state index in [1.165, 1.54) is 13.8 Å². The molecule has 3 nitrogen and oxygen atoms in total. The third-order valence-corrected chi connectivity index (χ3v) is 3.54. The molecule has 2 aromatic rings. The molecule has 4 heteroatoms. The number of aromatic nitrogens is 1. The Balaban J connectivity index is 2.97. The van der Waals surface area contributed by atoms with Crippen molar-refractivity contribution in [1.29, 1.82) is 0 Å². The van der Waals surface area contributed by atoms with Crippen molar-refractivity contribution in [2.75, 3.05) is 0 Å². The topological polar surface area (TPSA) is 38.5 Å². The van der Waals surface area contributed by atoms with Gasteiger partial charge in [0.15, 0.2) is 11.6 Å². The van der Waals surface area contributed by atoms with Crippen molar-refractivity contribution >= 4 is 33.0 Å². The largest absolute Gasteiger partial charge is 0.313 e. The third-order valence-electron chi connectivity index (χ3n) is 2.87. The van der Waals surface area contributed by atoms with E-state index in [9.17, 15) is 9.59 Å². The lowest BCUT2D eigenvalue weighted by molar-refractivity contribution is 0.101. The quantitative estimate of drug-likeness (QED) is 0.796. The molecule has 0 spiro atoms. The molecule has 0 aromatic carbocycles. The van der Waals surface area contributed by atoms with Crippen LogP contribution in [-0.4, -0.2) is 16.0 Å². The van der Waals surface area contributed by atoms with E-state index >= 15 is 0 Å². The molecule has 0 aliphatic rings. The molecular formula is C13H12BrNO2. The summed E-state index contributed by atoms with van der Waals surface area (Å²) in [5.74, 6) is -0.0701. The van der Waals surface area contributed by atoms with Crippen molar-refractivity contribution in [3.8, 4) is 0 Å². The van der Waals surface area contributed by atoms with Crippen LogP contribution in [0.5, 0.6) is 0 Å². The summed E-state index contributed by atoms with van der Waals surface area (Å²) >= 11 is 3.41. The molecule has 17 heavy (non-hydrogen) atoms. The summed E-state index contributed by atoms with van der Waals surface area (Å²) in [6.07, 6.45) is 1.83. The zero-order valence-corrected chi connectivity index (χ0v) is 11.5. The highest BCUT2D eigenvalue weighted by atomic mass is 79.9. The second-order valence-electron chi connectivity index (χ2n) is 4.06. The lowest BCUT2D eigenvalue weighted by atomic mass is 10.0. The van der Waals surface area contributed by atoms with E-state index in [0.29, 0.717) is 11.3 Å². The second kappa shape index (κ2) is 4.11. The van der Waals surface area contributed by atoms with E-state index < -0.39 is 0 Å². The van der Waals surface area contributed by atoms with Gasteiger partial charge in [-0.2, -0.15) is 0 Å². The third kappa shape index (κ3) is 1.82. The van der Waals surface area contributed by atoms with Crippen LogP contribution >= 0.6 is 15.9 Å². The summed E-state index contributed by atoms with van der Waals surface area (Å²) in [4.78, 5) is 23.3. The Bertz CT molecular complexity index is 640.